The van der Waals surface area contributed by atoms with Crippen molar-refractivity contribution in [2.24, 2.45) is 0 Å². The van der Waals surface area contributed by atoms with E-state index in [2.05, 4.69) is 24.4 Å². The molecule has 0 saturated heterocycles. The van der Waals surface area contributed by atoms with E-state index in [-0.39, 0.29) is 5.91 Å². The molecule has 1 aliphatic rings. The van der Waals surface area contributed by atoms with Gasteiger partial charge in [-0.05, 0) is 43.2 Å². The minimum absolute atomic E-state index is 0.174. The van der Waals surface area contributed by atoms with E-state index in [0.717, 1.165) is 18.4 Å². The molecule has 1 fully saturated rings. The number of amides is 1. The van der Waals surface area contributed by atoms with Gasteiger partial charge in [0.05, 0.1) is 0 Å². The molecule has 1 aliphatic carbocycles. The number of carboxylic acids is 1. The van der Waals surface area contributed by atoms with Crippen LogP contribution in [0.3, 0.4) is 0 Å². The van der Waals surface area contributed by atoms with Crippen LogP contribution in [-0.2, 0) is 22.4 Å². The lowest BCUT2D eigenvalue weighted by Gasteiger charge is -2.38. The standard InChI is InChI=1S/C16H21NO3/c1-2-12-4-6-13(7-5-12)8-9-14(18)17-16(15(19)20)10-3-11-16/h4-7H,2-3,8-11H2,1H3,(H,17,18)(H,19,20). The average molecular weight is 275 g/mol. The van der Waals surface area contributed by atoms with Crippen molar-refractivity contribution in [1.29, 1.82) is 0 Å². The Balaban J connectivity index is 1.84. The predicted molar refractivity (Wildman–Crippen MR) is 76.5 cm³/mol. The van der Waals surface area contributed by atoms with E-state index in [9.17, 15) is 9.59 Å². The van der Waals surface area contributed by atoms with E-state index in [1.165, 1.54) is 5.56 Å². The van der Waals surface area contributed by atoms with Crippen LogP contribution in [0.25, 0.3) is 0 Å². The van der Waals surface area contributed by atoms with E-state index in [1.807, 2.05) is 12.1 Å². The zero-order chi connectivity index (χ0) is 14.6. The number of hydrogen-bond acceptors (Lipinski definition) is 2. The predicted octanol–water partition coefficient (Wildman–Crippen LogP) is 2.31. The first-order chi connectivity index (χ1) is 9.55. The van der Waals surface area contributed by atoms with Crippen LogP contribution in [0.1, 0.15) is 43.7 Å². The monoisotopic (exact) mass is 275 g/mol. The van der Waals surface area contributed by atoms with E-state index < -0.39 is 11.5 Å². The lowest BCUT2D eigenvalue weighted by molar-refractivity contribution is -0.151. The van der Waals surface area contributed by atoms with Gasteiger partial charge in [-0.2, -0.15) is 0 Å². The number of aliphatic carboxylic acids is 1. The third-order valence-corrected chi connectivity index (χ3v) is 4.07. The van der Waals surface area contributed by atoms with Gasteiger partial charge in [0.25, 0.3) is 0 Å². The maximum Gasteiger partial charge on any atom is 0.329 e. The Hall–Kier alpha value is -1.84. The maximum atomic E-state index is 11.9. The lowest BCUT2D eigenvalue weighted by atomic mass is 9.76. The molecule has 1 aromatic rings. The summed E-state index contributed by atoms with van der Waals surface area (Å²) in [6.45, 7) is 2.10. The molecule has 0 heterocycles. The highest BCUT2D eigenvalue weighted by Crippen LogP contribution is 2.32. The molecule has 2 N–H and O–H groups in total. The minimum atomic E-state index is -0.997. The summed E-state index contributed by atoms with van der Waals surface area (Å²) in [6, 6.07) is 8.20. The van der Waals surface area contributed by atoms with Gasteiger partial charge in [0.2, 0.25) is 5.91 Å². The molecule has 20 heavy (non-hydrogen) atoms. The van der Waals surface area contributed by atoms with Gasteiger partial charge in [0.1, 0.15) is 5.54 Å². The summed E-state index contributed by atoms with van der Waals surface area (Å²) < 4.78 is 0. The molecule has 108 valence electrons. The van der Waals surface area contributed by atoms with E-state index in [1.54, 1.807) is 0 Å². The highest BCUT2D eigenvalue weighted by molar-refractivity contribution is 5.87. The number of rotatable bonds is 6. The molecule has 0 atom stereocenters. The summed E-state index contributed by atoms with van der Waals surface area (Å²) in [7, 11) is 0. The molecule has 1 saturated carbocycles. The molecule has 4 nitrogen and oxygen atoms in total. The van der Waals surface area contributed by atoms with Crippen LogP contribution in [0.5, 0.6) is 0 Å². The molecule has 0 spiro atoms. The number of carboxylic acid groups (broad SMARTS) is 1. The molecule has 0 aliphatic heterocycles. The number of benzene rings is 1. The maximum absolute atomic E-state index is 11.9. The van der Waals surface area contributed by atoms with Crippen LogP contribution in [0.4, 0.5) is 0 Å². The first kappa shape index (κ1) is 14.6. The molecule has 0 bridgehead atoms. The van der Waals surface area contributed by atoms with Crippen LogP contribution < -0.4 is 5.32 Å². The molecule has 0 aromatic heterocycles. The fraction of sp³-hybridized carbons (Fsp3) is 0.500. The van der Waals surface area contributed by atoms with Crippen molar-refractivity contribution >= 4 is 11.9 Å². The fourth-order valence-corrected chi connectivity index (χ4v) is 2.45. The number of carbonyl (C=O) groups excluding carboxylic acids is 1. The third kappa shape index (κ3) is 3.18. The number of carbonyl (C=O) groups is 2. The van der Waals surface area contributed by atoms with Gasteiger partial charge in [-0.3, -0.25) is 4.79 Å². The number of nitrogens with one attached hydrogen (secondary N) is 1. The van der Waals surface area contributed by atoms with Gasteiger partial charge in [-0.1, -0.05) is 31.2 Å². The van der Waals surface area contributed by atoms with E-state index in [0.29, 0.717) is 25.7 Å². The normalized spacial score (nSPS) is 16.2. The highest BCUT2D eigenvalue weighted by Gasteiger charge is 2.45. The van der Waals surface area contributed by atoms with Gasteiger partial charge < -0.3 is 10.4 Å². The smallest absolute Gasteiger partial charge is 0.329 e. The summed E-state index contributed by atoms with van der Waals surface area (Å²) >= 11 is 0. The summed E-state index contributed by atoms with van der Waals surface area (Å²) in [4.78, 5) is 23.0. The fourth-order valence-electron chi connectivity index (χ4n) is 2.45. The van der Waals surface area contributed by atoms with Crippen molar-refractivity contribution in [2.45, 2.75) is 51.0 Å². The van der Waals surface area contributed by atoms with Crippen molar-refractivity contribution in [3.05, 3.63) is 35.4 Å². The zero-order valence-corrected chi connectivity index (χ0v) is 11.8. The van der Waals surface area contributed by atoms with Gasteiger partial charge in [0, 0.05) is 6.42 Å². The Bertz CT molecular complexity index is 489. The minimum Gasteiger partial charge on any atom is -0.480 e. The van der Waals surface area contributed by atoms with Crippen LogP contribution in [0, 0.1) is 0 Å². The summed E-state index contributed by atoms with van der Waals surface area (Å²) in [5, 5.41) is 11.8. The molecule has 2 rings (SSSR count). The Morgan fingerprint density at radius 1 is 1.20 bits per heavy atom. The SMILES string of the molecule is CCc1ccc(CCC(=O)NC2(C(=O)O)CCC2)cc1. The Labute approximate surface area is 119 Å². The third-order valence-electron chi connectivity index (χ3n) is 4.07. The zero-order valence-electron chi connectivity index (χ0n) is 11.8. The van der Waals surface area contributed by atoms with E-state index >= 15 is 0 Å². The van der Waals surface area contributed by atoms with Crippen molar-refractivity contribution in [2.75, 3.05) is 0 Å². The summed E-state index contributed by atoms with van der Waals surface area (Å²) in [5.74, 6) is -1.09. The van der Waals surface area contributed by atoms with Crippen LogP contribution in [0.2, 0.25) is 0 Å². The quantitative estimate of drug-likeness (QED) is 0.837. The lowest BCUT2D eigenvalue weighted by Crippen LogP contribution is -2.59. The first-order valence-electron chi connectivity index (χ1n) is 7.18. The summed E-state index contributed by atoms with van der Waals surface area (Å²) in [6.07, 6.45) is 3.93. The van der Waals surface area contributed by atoms with Crippen LogP contribution >= 0.6 is 0 Å². The van der Waals surface area contributed by atoms with Crippen molar-refractivity contribution < 1.29 is 14.7 Å². The second-order valence-electron chi connectivity index (χ2n) is 5.46. The van der Waals surface area contributed by atoms with Crippen molar-refractivity contribution in [3.8, 4) is 0 Å². The van der Waals surface area contributed by atoms with Gasteiger partial charge in [-0.25, -0.2) is 4.79 Å². The largest absolute Gasteiger partial charge is 0.480 e. The van der Waals surface area contributed by atoms with Crippen molar-refractivity contribution in [1.82, 2.24) is 5.32 Å². The highest BCUT2D eigenvalue weighted by atomic mass is 16.4. The molecular formula is C16H21NO3. The van der Waals surface area contributed by atoms with Crippen LogP contribution in [0.15, 0.2) is 24.3 Å². The number of hydrogen-bond donors (Lipinski definition) is 2. The topological polar surface area (TPSA) is 66.4 Å². The Morgan fingerprint density at radius 3 is 2.25 bits per heavy atom. The molecule has 0 radical (unpaired) electrons. The molecule has 0 unspecified atom stereocenters. The first-order valence-corrected chi connectivity index (χ1v) is 7.18. The Morgan fingerprint density at radius 2 is 1.80 bits per heavy atom. The van der Waals surface area contributed by atoms with Gasteiger partial charge >= 0.3 is 5.97 Å². The summed E-state index contributed by atoms with van der Waals surface area (Å²) in [5.41, 5.74) is 1.39. The molecule has 1 amide bonds. The Kier molecular flexibility index (Phi) is 4.42. The molecule has 1 aromatic carbocycles. The van der Waals surface area contributed by atoms with Crippen molar-refractivity contribution in [3.63, 3.8) is 0 Å². The average Bonchev–Trinajstić information content (AvgIpc) is 2.40. The van der Waals surface area contributed by atoms with Crippen LogP contribution in [-0.4, -0.2) is 22.5 Å². The molecular weight excluding hydrogens is 254 g/mol. The number of aryl methyl sites for hydroxylation is 2. The second kappa shape index (κ2) is 6.07. The molecule has 4 heteroatoms. The van der Waals surface area contributed by atoms with E-state index in [4.69, 9.17) is 5.11 Å². The second-order valence-corrected chi connectivity index (χ2v) is 5.46. The van der Waals surface area contributed by atoms with Gasteiger partial charge in [0.15, 0.2) is 0 Å². The van der Waals surface area contributed by atoms with Gasteiger partial charge in [-0.15, -0.1) is 0 Å².